The zero-order chi connectivity index (χ0) is 33.5. The van der Waals surface area contributed by atoms with E-state index < -0.39 is 0 Å². The Morgan fingerprint density at radius 2 is 0.941 bits per heavy atom. The molecular weight excluding hydrogens is 641 g/mol. The lowest BCUT2D eigenvalue weighted by Crippen LogP contribution is -2.01. The van der Waals surface area contributed by atoms with E-state index in [1.54, 1.807) is 11.3 Å². The summed E-state index contributed by atoms with van der Waals surface area (Å²) in [5.74, 6) is 1.62. The van der Waals surface area contributed by atoms with E-state index in [0.717, 1.165) is 49.2 Å². The number of hydrogen-bond donors (Lipinski definition) is 0. The van der Waals surface area contributed by atoms with Gasteiger partial charge >= 0.3 is 0 Å². The van der Waals surface area contributed by atoms with Crippen LogP contribution in [-0.2, 0) is 0 Å². The van der Waals surface area contributed by atoms with Crippen LogP contribution in [0.1, 0.15) is 0 Å². The van der Waals surface area contributed by atoms with Crippen molar-refractivity contribution in [1.29, 1.82) is 0 Å². The summed E-state index contributed by atoms with van der Waals surface area (Å²) in [5.41, 5.74) is 10.1. The summed E-state index contributed by atoms with van der Waals surface area (Å²) in [6.45, 7) is 0. The van der Waals surface area contributed by atoms with Crippen LogP contribution in [0.5, 0.6) is 0 Å². The minimum Gasteiger partial charge on any atom is -0.309 e. The largest absolute Gasteiger partial charge is 0.309 e. The topological polar surface area (TPSA) is 35.6 Å². The first-order valence-electron chi connectivity index (χ1n) is 17.2. The molecule has 238 valence electrons. The van der Waals surface area contributed by atoms with Crippen molar-refractivity contribution in [2.75, 3.05) is 0 Å². The van der Waals surface area contributed by atoms with Gasteiger partial charge in [0.2, 0.25) is 0 Å². The Bertz CT molecular complexity index is 3080. The Labute approximate surface area is 297 Å². The van der Waals surface area contributed by atoms with Crippen LogP contribution in [0.25, 0.3) is 97.9 Å². The average Bonchev–Trinajstić information content (AvgIpc) is 3.85. The van der Waals surface area contributed by atoms with Gasteiger partial charge < -0.3 is 4.57 Å². The van der Waals surface area contributed by atoms with Gasteiger partial charge in [0.25, 0.3) is 0 Å². The molecule has 0 saturated carbocycles. The van der Waals surface area contributed by atoms with E-state index in [4.69, 9.17) is 9.97 Å². The summed E-state index contributed by atoms with van der Waals surface area (Å²) in [6, 6.07) is 60.6. The normalized spacial score (nSPS) is 11.9. The fourth-order valence-electron chi connectivity index (χ4n) is 7.84. The molecule has 4 nitrogen and oxygen atoms in total. The lowest BCUT2D eigenvalue weighted by atomic mass is 10.0. The molecule has 0 aliphatic carbocycles. The number of rotatable bonds is 4. The number of aromatic nitrogens is 4. The molecule has 0 radical (unpaired) electrons. The molecule has 0 aliphatic rings. The predicted molar refractivity (Wildman–Crippen MR) is 214 cm³/mol. The van der Waals surface area contributed by atoms with Gasteiger partial charge in [-0.15, -0.1) is 11.3 Å². The molecule has 5 heteroatoms. The number of nitrogens with zero attached hydrogens (tertiary/aromatic N) is 4. The van der Waals surface area contributed by atoms with Crippen molar-refractivity contribution in [1.82, 2.24) is 19.1 Å². The summed E-state index contributed by atoms with van der Waals surface area (Å²) in [5, 5.41) is 5.95. The van der Waals surface area contributed by atoms with Crippen LogP contribution in [0, 0.1) is 0 Å². The molecule has 4 aromatic heterocycles. The molecule has 0 atom stereocenters. The minimum atomic E-state index is 0.711. The maximum absolute atomic E-state index is 5.50. The Morgan fingerprint density at radius 3 is 1.65 bits per heavy atom. The number of hydrogen-bond acceptors (Lipinski definition) is 3. The first-order valence-corrected chi connectivity index (χ1v) is 18.0. The lowest BCUT2D eigenvalue weighted by molar-refractivity contribution is 1.08. The van der Waals surface area contributed by atoms with Crippen LogP contribution in [0.15, 0.2) is 170 Å². The third-order valence-corrected chi connectivity index (χ3v) is 11.3. The fraction of sp³-hybridized carbons (Fsp3) is 0. The van der Waals surface area contributed by atoms with Crippen molar-refractivity contribution in [2.24, 2.45) is 0 Å². The van der Waals surface area contributed by atoms with E-state index >= 15 is 0 Å². The van der Waals surface area contributed by atoms with Gasteiger partial charge in [0, 0.05) is 42.9 Å². The zero-order valence-electron chi connectivity index (χ0n) is 27.4. The van der Waals surface area contributed by atoms with E-state index in [9.17, 15) is 0 Å². The highest BCUT2D eigenvalue weighted by atomic mass is 32.1. The van der Waals surface area contributed by atoms with Gasteiger partial charge in [-0.25, -0.2) is 9.97 Å². The highest BCUT2D eigenvalue weighted by Gasteiger charge is 2.22. The standard InChI is InChI=1S/C46H28N4S/c1-3-13-29(14-4-1)30-24-26-42-37(27-30)43-44(51-42)46(50-39-21-11-7-17-33(39)34-18-8-12-22-40(34)50)48-45(47-43)31-23-25-41-36(28-31)35-19-9-10-20-38(35)49(41)32-15-5-2-6-16-32/h1-28H. The van der Waals surface area contributed by atoms with E-state index in [2.05, 4.69) is 179 Å². The average molecular weight is 669 g/mol. The van der Waals surface area contributed by atoms with Crippen molar-refractivity contribution >= 4 is 75.3 Å². The maximum Gasteiger partial charge on any atom is 0.162 e. The van der Waals surface area contributed by atoms with Gasteiger partial charge in [-0.2, -0.15) is 0 Å². The molecule has 11 aromatic rings. The highest BCUT2D eigenvalue weighted by Crippen LogP contribution is 2.42. The molecule has 0 amide bonds. The molecule has 0 spiro atoms. The van der Waals surface area contributed by atoms with Crippen LogP contribution < -0.4 is 0 Å². The second-order valence-electron chi connectivity index (χ2n) is 13.0. The lowest BCUT2D eigenvalue weighted by Gasteiger charge is -2.11. The third-order valence-electron chi connectivity index (χ3n) is 10.1. The quantitative estimate of drug-likeness (QED) is 0.187. The van der Waals surface area contributed by atoms with Crippen LogP contribution in [0.4, 0.5) is 0 Å². The molecule has 0 bridgehead atoms. The Hall–Kier alpha value is -6.56. The monoisotopic (exact) mass is 668 g/mol. The van der Waals surface area contributed by atoms with Gasteiger partial charge in [-0.1, -0.05) is 109 Å². The summed E-state index contributed by atoms with van der Waals surface area (Å²) >= 11 is 1.77. The summed E-state index contributed by atoms with van der Waals surface area (Å²) < 4.78 is 6.96. The van der Waals surface area contributed by atoms with E-state index in [1.807, 2.05) is 0 Å². The van der Waals surface area contributed by atoms with Crippen LogP contribution in [0.2, 0.25) is 0 Å². The molecule has 4 heterocycles. The van der Waals surface area contributed by atoms with Gasteiger partial charge in [-0.3, -0.25) is 4.57 Å². The molecule has 0 saturated heterocycles. The summed E-state index contributed by atoms with van der Waals surface area (Å²) in [6.07, 6.45) is 0. The number of benzene rings is 7. The Balaban J connectivity index is 1.23. The van der Waals surface area contributed by atoms with Crippen LogP contribution in [0.3, 0.4) is 0 Å². The minimum absolute atomic E-state index is 0.711. The van der Waals surface area contributed by atoms with E-state index in [0.29, 0.717) is 5.82 Å². The fourth-order valence-corrected chi connectivity index (χ4v) is 8.94. The molecule has 0 N–H and O–H groups in total. The first kappa shape index (κ1) is 28.3. The van der Waals surface area contributed by atoms with Gasteiger partial charge in [-0.05, 0) is 71.8 Å². The number of fused-ring (bicyclic) bond motifs is 9. The van der Waals surface area contributed by atoms with Gasteiger partial charge in [0.15, 0.2) is 11.6 Å². The molecule has 51 heavy (non-hydrogen) atoms. The van der Waals surface area contributed by atoms with E-state index in [1.165, 1.54) is 42.9 Å². The van der Waals surface area contributed by atoms with E-state index in [-0.39, 0.29) is 0 Å². The highest BCUT2D eigenvalue weighted by molar-refractivity contribution is 7.26. The second kappa shape index (κ2) is 11.0. The predicted octanol–water partition coefficient (Wildman–Crippen LogP) is 12.4. The van der Waals surface area contributed by atoms with Crippen LogP contribution in [-0.4, -0.2) is 19.1 Å². The van der Waals surface area contributed by atoms with Crippen LogP contribution >= 0.6 is 11.3 Å². The third kappa shape index (κ3) is 4.25. The SMILES string of the molecule is c1ccc(-c2ccc3sc4c(-n5c6ccccc6c6ccccc65)nc(-c5ccc6c(c5)c5ccccc5n6-c5ccccc5)nc4c3c2)cc1. The Kier molecular flexibility index (Phi) is 6.09. The second-order valence-corrected chi connectivity index (χ2v) is 14.1. The molecule has 0 unspecified atom stereocenters. The summed E-state index contributed by atoms with van der Waals surface area (Å²) in [4.78, 5) is 10.9. The van der Waals surface area contributed by atoms with Crippen molar-refractivity contribution in [3.05, 3.63) is 170 Å². The van der Waals surface area contributed by atoms with Crippen molar-refractivity contribution in [2.45, 2.75) is 0 Å². The molecule has 0 fully saturated rings. The maximum atomic E-state index is 5.50. The summed E-state index contributed by atoms with van der Waals surface area (Å²) in [7, 11) is 0. The van der Waals surface area contributed by atoms with Crippen molar-refractivity contribution < 1.29 is 0 Å². The number of para-hydroxylation sites is 4. The molecular formula is C46H28N4S. The van der Waals surface area contributed by atoms with Gasteiger partial charge in [0.1, 0.15) is 0 Å². The molecule has 0 aliphatic heterocycles. The Morgan fingerprint density at radius 1 is 0.392 bits per heavy atom. The first-order chi connectivity index (χ1) is 25.3. The zero-order valence-corrected chi connectivity index (χ0v) is 28.2. The molecule has 11 rings (SSSR count). The molecule has 7 aromatic carbocycles. The van der Waals surface area contributed by atoms with Crippen molar-refractivity contribution in [3.63, 3.8) is 0 Å². The van der Waals surface area contributed by atoms with Crippen molar-refractivity contribution in [3.8, 4) is 34.0 Å². The van der Waals surface area contributed by atoms with Gasteiger partial charge in [0.05, 0.1) is 32.3 Å². The number of thiophene rings is 1. The smallest absolute Gasteiger partial charge is 0.162 e.